The van der Waals surface area contributed by atoms with Gasteiger partial charge < -0.3 is 13.7 Å². The summed E-state index contributed by atoms with van der Waals surface area (Å²) >= 11 is 0. The molecule has 0 N–H and O–H groups in total. The molecule has 5 bridgehead atoms. The summed E-state index contributed by atoms with van der Waals surface area (Å²) in [6, 6.07) is 94.2. The molecular weight excluding hydrogens is 947 g/mol. The number of para-hydroxylation sites is 2. The van der Waals surface area contributed by atoms with Gasteiger partial charge in [-0.3, -0.25) is 0 Å². The maximum Gasteiger partial charge on any atom is 0.143 e. The van der Waals surface area contributed by atoms with Crippen molar-refractivity contribution in [3.63, 3.8) is 0 Å². The lowest BCUT2D eigenvalue weighted by Crippen LogP contribution is -2.69. The van der Waals surface area contributed by atoms with Crippen LogP contribution < -0.4 is 4.90 Å². The van der Waals surface area contributed by atoms with Gasteiger partial charge in [-0.25, -0.2) is 0 Å². The van der Waals surface area contributed by atoms with Gasteiger partial charge in [0.2, 0.25) is 0 Å². The first-order chi connectivity index (χ1) is 38.7. The Kier molecular flexibility index (Phi) is 8.66. The summed E-state index contributed by atoms with van der Waals surface area (Å²) in [5.74, 6) is 0.881. The molecule has 2 heterocycles. The summed E-state index contributed by atoms with van der Waals surface area (Å²) in [6.45, 7) is 0. The van der Waals surface area contributed by atoms with Crippen molar-refractivity contribution in [1.29, 1.82) is 0 Å². The number of hydrogen-bond acceptors (Lipinski definition) is 3. The van der Waals surface area contributed by atoms with E-state index in [1.807, 2.05) is 0 Å². The van der Waals surface area contributed by atoms with Gasteiger partial charge in [0.05, 0.1) is 5.69 Å². The molecule has 19 rings (SSSR count). The summed E-state index contributed by atoms with van der Waals surface area (Å²) in [5, 5.41) is 4.84. The van der Waals surface area contributed by atoms with Crippen LogP contribution in [0.4, 0.5) is 17.1 Å². The Morgan fingerprint density at radius 2 is 0.872 bits per heavy atom. The summed E-state index contributed by atoms with van der Waals surface area (Å²) in [6.07, 6.45) is 3.14. The molecule has 6 aliphatic carbocycles. The van der Waals surface area contributed by atoms with E-state index >= 15 is 0 Å². The van der Waals surface area contributed by atoms with E-state index in [0.29, 0.717) is 5.92 Å². The van der Waals surface area contributed by atoms with Crippen LogP contribution in [0.15, 0.2) is 258 Å². The van der Waals surface area contributed by atoms with Crippen molar-refractivity contribution in [3.8, 4) is 44.5 Å². The highest BCUT2D eigenvalue weighted by atomic mass is 16.3. The lowest BCUT2D eigenvalue weighted by molar-refractivity contribution is -0.0250. The van der Waals surface area contributed by atoms with E-state index in [1.54, 1.807) is 0 Å². The Hall–Kier alpha value is -9.18. The maximum atomic E-state index is 7.20. The first-order valence-corrected chi connectivity index (χ1v) is 28.0. The average Bonchev–Trinajstić information content (AvgIpc) is 1.82. The fourth-order valence-corrected chi connectivity index (χ4v) is 17.1. The molecule has 13 aromatic rings. The summed E-state index contributed by atoms with van der Waals surface area (Å²) in [5.41, 5.74) is 25.6. The highest BCUT2D eigenvalue weighted by Crippen LogP contribution is 2.84. The van der Waals surface area contributed by atoms with Crippen LogP contribution in [0, 0.1) is 0 Å². The van der Waals surface area contributed by atoms with Gasteiger partial charge in [-0.15, -0.1) is 0 Å². The van der Waals surface area contributed by atoms with Gasteiger partial charge >= 0.3 is 0 Å². The van der Waals surface area contributed by atoms with E-state index in [2.05, 4.69) is 254 Å². The standard InChI is InChI=1S/C75H51NO2/c1-2-16-45(17-3-1)46-32-36-50(37-33-46)76(51-38-34-47(35-39-51)54-26-14-27-60-59-24-11-13-30-65(59)78-71(54)60)64-40-41-67-69-68-62(28-15-31-66(68)77-67)73-74-43-48(53-19-5-7-21-56(53)58-23-10-12-29-63(58)74)42-49-44-75(73,70(64)69)72(74)61-25-9-8-22-57(61)55-20-6-4-18-52(49)55/h1-41,48-49,72-73H,42-44H2. The molecule has 3 heteroatoms. The van der Waals surface area contributed by atoms with E-state index in [4.69, 9.17) is 8.83 Å². The van der Waals surface area contributed by atoms with Gasteiger partial charge in [-0.1, -0.05) is 200 Å². The van der Waals surface area contributed by atoms with E-state index in [0.717, 1.165) is 74.9 Å². The monoisotopic (exact) mass is 997 g/mol. The predicted octanol–water partition coefficient (Wildman–Crippen LogP) is 20.1. The minimum Gasteiger partial charge on any atom is -0.456 e. The van der Waals surface area contributed by atoms with Crippen LogP contribution in [-0.2, 0) is 10.8 Å². The molecule has 6 aliphatic rings. The molecule has 2 spiro atoms. The molecule has 2 aromatic heterocycles. The summed E-state index contributed by atoms with van der Waals surface area (Å²) in [4.78, 5) is 2.59. The zero-order valence-corrected chi connectivity index (χ0v) is 42.9. The topological polar surface area (TPSA) is 29.5 Å². The van der Waals surface area contributed by atoms with Crippen LogP contribution >= 0.6 is 0 Å². The van der Waals surface area contributed by atoms with Crippen LogP contribution in [0.5, 0.6) is 0 Å². The van der Waals surface area contributed by atoms with Crippen molar-refractivity contribution >= 4 is 60.9 Å². The normalized spacial score (nSPS) is 21.8. The average molecular weight is 998 g/mol. The molecule has 11 aromatic carbocycles. The molecule has 3 nitrogen and oxygen atoms in total. The van der Waals surface area contributed by atoms with Gasteiger partial charge in [0.15, 0.2) is 0 Å². The molecule has 6 atom stereocenters. The molecular formula is C75H51NO2. The highest BCUT2D eigenvalue weighted by Gasteiger charge is 2.76. The van der Waals surface area contributed by atoms with E-state index in [9.17, 15) is 0 Å². The zero-order chi connectivity index (χ0) is 50.8. The number of hydrogen-bond donors (Lipinski definition) is 0. The summed E-state index contributed by atoms with van der Waals surface area (Å²) < 4.78 is 13.8. The number of nitrogens with zero attached hydrogens (tertiary/aromatic N) is 1. The van der Waals surface area contributed by atoms with Gasteiger partial charge in [0.1, 0.15) is 22.3 Å². The van der Waals surface area contributed by atoms with Crippen molar-refractivity contribution in [1.82, 2.24) is 0 Å². The van der Waals surface area contributed by atoms with Gasteiger partial charge in [0, 0.05) is 61.1 Å². The largest absolute Gasteiger partial charge is 0.456 e. The number of rotatable bonds is 5. The molecule has 0 radical (unpaired) electrons. The van der Waals surface area contributed by atoms with Crippen molar-refractivity contribution in [3.05, 3.63) is 282 Å². The molecule has 3 saturated carbocycles. The lowest BCUT2D eigenvalue weighted by Gasteiger charge is -2.74. The third kappa shape index (κ3) is 5.53. The van der Waals surface area contributed by atoms with Crippen molar-refractivity contribution in [2.45, 2.75) is 53.8 Å². The minimum absolute atomic E-state index is 0.122. The van der Waals surface area contributed by atoms with E-state index in [-0.39, 0.29) is 28.6 Å². The van der Waals surface area contributed by atoms with E-state index < -0.39 is 0 Å². The molecule has 78 heavy (non-hydrogen) atoms. The van der Waals surface area contributed by atoms with Crippen molar-refractivity contribution in [2.75, 3.05) is 4.90 Å². The fourth-order valence-electron chi connectivity index (χ4n) is 17.1. The number of furan rings is 2. The zero-order valence-electron chi connectivity index (χ0n) is 42.9. The Labute approximate surface area is 452 Å². The number of benzene rings is 11. The minimum atomic E-state index is -0.359. The van der Waals surface area contributed by atoms with Crippen molar-refractivity contribution in [2.24, 2.45) is 0 Å². The second-order valence-electron chi connectivity index (χ2n) is 23.0. The Balaban J connectivity index is 0.942. The molecule has 3 fully saturated rings. The van der Waals surface area contributed by atoms with Crippen LogP contribution in [-0.4, -0.2) is 0 Å². The molecule has 368 valence electrons. The highest BCUT2D eigenvalue weighted by molar-refractivity contribution is 6.14. The van der Waals surface area contributed by atoms with Crippen LogP contribution in [0.1, 0.15) is 76.3 Å². The maximum absolute atomic E-state index is 7.20. The van der Waals surface area contributed by atoms with Gasteiger partial charge in [-0.2, -0.15) is 0 Å². The van der Waals surface area contributed by atoms with Crippen LogP contribution in [0.2, 0.25) is 0 Å². The van der Waals surface area contributed by atoms with Crippen LogP contribution in [0.3, 0.4) is 0 Å². The van der Waals surface area contributed by atoms with E-state index in [1.165, 1.54) is 83.2 Å². The molecule has 0 saturated heterocycles. The van der Waals surface area contributed by atoms with Crippen molar-refractivity contribution < 1.29 is 8.83 Å². The third-order valence-electron chi connectivity index (χ3n) is 19.6. The Morgan fingerprint density at radius 1 is 0.346 bits per heavy atom. The number of anilines is 3. The van der Waals surface area contributed by atoms with Gasteiger partial charge in [0.25, 0.3) is 0 Å². The smallest absolute Gasteiger partial charge is 0.143 e. The first-order valence-electron chi connectivity index (χ1n) is 28.0. The third-order valence-corrected chi connectivity index (χ3v) is 19.6. The number of fused-ring (bicyclic) bond motifs is 9. The Bertz CT molecular complexity index is 4640. The first kappa shape index (κ1) is 43.0. The predicted molar refractivity (Wildman–Crippen MR) is 318 cm³/mol. The SMILES string of the molecule is c1ccc(-c2ccc(N(c3ccc(-c4cccc5c4oc4ccccc45)cc3)c3ccc4oc5cccc6c5c4c3C34CC5CC7CC(c8ccccc8-c8ccccc87)(C3c3ccccc3-c3ccccc35)C64)cc2)cc1. The molecule has 0 amide bonds. The second kappa shape index (κ2) is 15.7. The van der Waals surface area contributed by atoms with Gasteiger partial charge in [-0.05, 0) is 152 Å². The lowest BCUT2D eigenvalue weighted by atomic mass is 9.28. The molecule has 6 unspecified atom stereocenters. The van der Waals surface area contributed by atoms with Crippen LogP contribution in [0.25, 0.3) is 88.4 Å². The molecule has 0 aliphatic heterocycles. The summed E-state index contributed by atoms with van der Waals surface area (Å²) in [7, 11) is 0. The Morgan fingerprint density at radius 3 is 1.64 bits per heavy atom. The quantitative estimate of drug-likeness (QED) is 0.172. The second-order valence-corrected chi connectivity index (χ2v) is 23.0. The fraction of sp³-hybridized carbons (Fsp3) is 0.120.